The second kappa shape index (κ2) is 31.0. The van der Waals surface area contributed by atoms with E-state index in [0.29, 0.717) is 64.3 Å². The third-order valence-electron chi connectivity index (χ3n) is 15.5. The van der Waals surface area contributed by atoms with Gasteiger partial charge in [-0.1, -0.05) is 69.6 Å². The Balaban J connectivity index is 0.000000169. The Morgan fingerprint density at radius 2 is 0.989 bits per heavy atom. The average Bonchev–Trinajstić information content (AvgIpc) is 1.82. The molecule has 8 heterocycles. The molecule has 2 fully saturated rings. The fraction of sp³-hybridized carbons (Fsp3) is 0.339. The first-order valence-corrected chi connectivity index (χ1v) is 33.5. The molecule has 3 aromatic carbocycles. The largest absolute Gasteiger partial charge is 0.482 e. The molecule has 2 aliphatic heterocycles. The molecule has 0 bridgehead atoms. The number of likely N-dealkylation sites (N-methyl/N-ethyl adjacent to an activating group) is 1. The highest BCUT2D eigenvalue weighted by Crippen LogP contribution is 2.40. The third-order valence-corrected chi connectivity index (χ3v) is 18.5. The molecule has 9 aromatic rings. The molecule has 504 valence electrons. The van der Waals surface area contributed by atoms with Gasteiger partial charge in [-0.25, -0.2) is 46.5 Å². The number of pyridine rings is 1. The highest BCUT2D eigenvalue weighted by Gasteiger charge is 2.28. The predicted molar refractivity (Wildman–Crippen MR) is 361 cm³/mol. The maximum absolute atomic E-state index is 14.0. The number of likely N-dealkylation sites (tertiary alicyclic amines) is 2. The van der Waals surface area contributed by atoms with Gasteiger partial charge in [-0.15, -0.1) is 0 Å². The van der Waals surface area contributed by atoms with E-state index in [1.165, 1.54) is 48.9 Å². The van der Waals surface area contributed by atoms with Crippen molar-refractivity contribution in [1.82, 2.24) is 68.4 Å². The number of nitrogens with zero attached hydrogens (tertiary/aromatic N) is 14. The van der Waals surface area contributed by atoms with Gasteiger partial charge in [0.25, 0.3) is 21.8 Å². The van der Waals surface area contributed by atoms with Crippen LogP contribution in [-0.2, 0) is 14.8 Å². The zero-order valence-corrected chi connectivity index (χ0v) is 57.6. The molecule has 11 rings (SSSR count). The van der Waals surface area contributed by atoms with E-state index in [0.717, 1.165) is 66.3 Å². The van der Waals surface area contributed by atoms with Crippen molar-refractivity contribution in [2.45, 2.75) is 76.9 Å². The lowest BCUT2D eigenvalue weighted by Crippen LogP contribution is -2.43. The molecule has 3 atom stereocenters. The number of amides is 1. The van der Waals surface area contributed by atoms with Crippen molar-refractivity contribution in [3.05, 3.63) is 163 Å². The van der Waals surface area contributed by atoms with Gasteiger partial charge in [-0.2, -0.15) is 19.4 Å². The smallest absolute Gasteiger partial charge is 0.258 e. The lowest BCUT2D eigenvalue weighted by atomic mass is 10.1. The second-order valence-corrected chi connectivity index (χ2v) is 26.9. The summed E-state index contributed by atoms with van der Waals surface area (Å²) in [6.45, 7) is 8.88. The summed E-state index contributed by atoms with van der Waals surface area (Å²) in [6, 6.07) is 9.91. The van der Waals surface area contributed by atoms with Crippen LogP contribution in [0, 0.1) is 17.5 Å². The topological polar surface area (TPSA) is 285 Å². The van der Waals surface area contributed by atoms with E-state index >= 15 is 0 Å². The second-order valence-electron chi connectivity index (χ2n) is 22.7. The maximum Gasteiger partial charge on any atom is 0.258 e. The number of aromatic nitrogens is 11. The highest BCUT2D eigenvalue weighted by molar-refractivity contribution is 7.89. The van der Waals surface area contributed by atoms with Crippen molar-refractivity contribution in [1.29, 1.82) is 0 Å². The number of carbonyl (C=O) groups is 1. The molecule has 0 spiro atoms. The minimum atomic E-state index is -3.51. The van der Waals surface area contributed by atoms with Gasteiger partial charge in [0, 0.05) is 85.7 Å². The van der Waals surface area contributed by atoms with E-state index in [9.17, 15) is 26.4 Å². The quantitative estimate of drug-likeness (QED) is 0.0714. The van der Waals surface area contributed by atoms with Crippen molar-refractivity contribution in [2.24, 2.45) is 0 Å². The van der Waals surface area contributed by atoms with Crippen LogP contribution in [0.15, 0.2) is 98.2 Å². The molecular weight excluding hydrogens is 1380 g/mol. The molecule has 23 nitrogen and oxygen atoms in total. The number of benzene rings is 3. The molecule has 6 aromatic heterocycles. The lowest BCUT2D eigenvalue weighted by Gasteiger charge is -2.32. The Bertz CT molecular complexity index is 4340. The summed E-state index contributed by atoms with van der Waals surface area (Å²) in [7, 11) is 2.39. The van der Waals surface area contributed by atoms with Gasteiger partial charge in [0.05, 0.1) is 88.5 Å². The van der Waals surface area contributed by atoms with Crippen LogP contribution in [0.2, 0.25) is 30.1 Å². The van der Waals surface area contributed by atoms with Crippen LogP contribution in [0.3, 0.4) is 0 Å². The SMILES string of the molecule is CC(Oc1cc(-c2cnn(S(C)(=O)=O)c2)cnc1N)c1c(Cl)ccc(F)c1Cl.CC(Oc1nc(-c2cnn(C3CCN(C(=O)CN(C)C)CC3)c2)cnc1N)c1c(Cl)ccc(F)c1Cl.CC(Oc1nc(-c2cnn(C3CCN(C)CC3)c2)cnc1N)c1c(Cl)ccc(F)c1Cl. The Morgan fingerprint density at radius 1 is 0.579 bits per heavy atom. The summed E-state index contributed by atoms with van der Waals surface area (Å²) in [5, 5.41) is 13.3. The van der Waals surface area contributed by atoms with Crippen LogP contribution in [0.5, 0.6) is 17.5 Å². The fourth-order valence-corrected chi connectivity index (χ4v) is 12.9. The van der Waals surface area contributed by atoms with Crippen molar-refractivity contribution >= 4 is 103 Å². The average molecular weight is 1450 g/mol. The Labute approximate surface area is 576 Å². The van der Waals surface area contributed by atoms with Crippen LogP contribution >= 0.6 is 69.6 Å². The zero-order chi connectivity index (χ0) is 68.7. The predicted octanol–water partition coefficient (Wildman–Crippen LogP) is 12.9. The third kappa shape index (κ3) is 17.5. The number of anilines is 3. The minimum absolute atomic E-state index is 0.0800. The van der Waals surface area contributed by atoms with Gasteiger partial charge in [0.15, 0.2) is 23.2 Å². The van der Waals surface area contributed by atoms with E-state index in [-0.39, 0.29) is 77.6 Å². The van der Waals surface area contributed by atoms with Gasteiger partial charge in [-0.05, 0) is 123 Å². The summed E-state index contributed by atoms with van der Waals surface area (Å²) < 4.78 is 87.1. The first-order valence-electron chi connectivity index (χ1n) is 29.4. The van der Waals surface area contributed by atoms with Gasteiger partial charge in [0.2, 0.25) is 5.91 Å². The van der Waals surface area contributed by atoms with Gasteiger partial charge >= 0.3 is 0 Å². The van der Waals surface area contributed by atoms with Crippen LogP contribution < -0.4 is 31.4 Å². The summed E-state index contributed by atoms with van der Waals surface area (Å²) in [4.78, 5) is 39.9. The van der Waals surface area contributed by atoms with Crippen molar-refractivity contribution in [2.75, 3.05) is 77.3 Å². The molecule has 0 radical (unpaired) electrons. The lowest BCUT2D eigenvalue weighted by molar-refractivity contribution is -0.133. The monoisotopic (exact) mass is 1440 g/mol. The first-order chi connectivity index (χ1) is 45.0. The van der Waals surface area contributed by atoms with Crippen LogP contribution in [0.1, 0.15) is 93.5 Å². The van der Waals surface area contributed by atoms with E-state index in [1.54, 1.807) is 51.6 Å². The minimum Gasteiger partial charge on any atom is -0.482 e. The zero-order valence-electron chi connectivity index (χ0n) is 52.2. The van der Waals surface area contributed by atoms with Crippen molar-refractivity contribution < 1.29 is 40.6 Å². The number of nitrogen functional groups attached to an aromatic ring is 3. The van der Waals surface area contributed by atoms with E-state index in [2.05, 4.69) is 52.2 Å². The molecule has 1 amide bonds. The molecule has 6 N–H and O–H groups in total. The fourth-order valence-electron chi connectivity index (χ4n) is 10.4. The number of hydrogen-bond acceptors (Lipinski definition) is 19. The molecular formula is C62H66Cl6F3N17O6S. The molecule has 33 heteroatoms. The molecule has 95 heavy (non-hydrogen) atoms. The summed E-state index contributed by atoms with van der Waals surface area (Å²) in [5.74, 6) is -0.971. The number of rotatable bonds is 17. The van der Waals surface area contributed by atoms with E-state index in [1.807, 2.05) is 45.7 Å². The molecule has 2 saturated heterocycles. The standard InChI is InChI=1S/C24H28Cl2FN7O2.C21H23Cl2FN6O.C17H15Cl2FN4O3S/c1-14(21-17(25)4-5-18(27)22(21)26)36-24-23(28)29-11-19(31-24)15-10-30-34(12-15)16-6-8-33(9-7-16)20(35)13-32(2)3;1-12(18-15(22)3-4-16(24)19(18)23)31-21-20(25)26-10-17(28-21)13-9-27-30(11-13)14-5-7-29(2)8-6-14;1-9(15-12(18)3-4-13(20)16(15)19)27-14-5-10(6-22-17(14)21)11-7-23-24(8-11)28(2,25)26/h4-5,10-12,14,16H,6-9,13H2,1-3H3,(H2,28,29);3-4,9-12,14H,5-8H2,1-2H3,(H2,25,26);3-9H,1-2H3,(H2,21,22). The number of hydrogen-bond donors (Lipinski definition) is 3. The molecule has 0 aliphatic carbocycles. The van der Waals surface area contributed by atoms with Gasteiger partial charge < -0.3 is 46.1 Å². The number of halogens is 9. The molecule has 2 aliphatic rings. The number of nitrogens with two attached hydrogens (primary N) is 3. The maximum atomic E-state index is 14.0. The van der Waals surface area contributed by atoms with Crippen LogP contribution in [0.4, 0.5) is 30.6 Å². The van der Waals surface area contributed by atoms with Crippen molar-refractivity contribution in [3.63, 3.8) is 0 Å². The van der Waals surface area contributed by atoms with Gasteiger partial charge in [-0.3, -0.25) is 14.2 Å². The normalized spacial score (nSPS) is 14.9. The Kier molecular flexibility index (Phi) is 23.3. The summed E-state index contributed by atoms with van der Waals surface area (Å²) >= 11 is 36.8. The van der Waals surface area contributed by atoms with E-state index < -0.39 is 45.8 Å². The number of ether oxygens (including phenoxy) is 3. The van der Waals surface area contributed by atoms with Crippen LogP contribution in [0.25, 0.3) is 33.6 Å². The Hall–Kier alpha value is -7.73. The number of carbonyl (C=O) groups excluding carboxylic acids is 1. The highest BCUT2D eigenvalue weighted by atomic mass is 35.5. The molecule has 0 saturated carbocycles. The molecule has 3 unspecified atom stereocenters. The number of piperidine rings is 2. The van der Waals surface area contributed by atoms with Crippen molar-refractivity contribution in [3.8, 4) is 51.2 Å². The van der Waals surface area contributed by atoms with Gasteiger partial charge in [0.1, 0.15) is 35.8 Å². The Morgan fingerprint density at radius 3 is 1.41 bits per heavy atom. The first kappa shape index (κ1) is 71.6. The summed E-state index contributed by atoms with van der Waals surface area (Å²) in [5.41, 5.74) is 22.4. The van der Waals surface area contributed by atoms with E-state index in [4.69, 9.17) is 101 Å². The van der Waals surface area contributed by atoms with Crippen LogP contribution in [-0.4, -0.2) is 143 Å². The summed E-state index contributed by atoms with van der Waals surface area (Å²) in [6.07, 6.45) is 17.2.